The molecule has 6 heteroatoms. The maximum absolute atomic E-state index is 11.5. The van der Waals surface area contributed by atoms with Gasteiger partial charge in [0, 0.05) is 27.4 Å². The lowest BCUT2D eigenvalue weighted by molar-refractivity contribution is 0.0697. The summed E-state index contributed by atoms with van der Waals surface area (Å²) in [6.07, 6.45) is 1.36. The van der Waals surface area contributed by atoms with Crippen LogP contribution < -0.4 is 11.1 Å². The van der Waals surface area contributed by atoms with Gasteiger partial charge in [0.1, 0.15) is 5.56 Å². The quantitative estimate of drug-likeness (QED) is 0.616. The number of nitrogens with zero attached hydrogens (tertiary/aromatic N) is 1. The van der Waals surface area contributed by atoms with Crippen molar-refractivity contribution in [1.82, 2.24) is 4.98 Å². The zero-order valence-electron chi connectivity index (χ0n) is 11.4. The summed E-state index contributed by atoms with van der Waals surface area (Å²) in [7, 11) is 0. The first-order chi connectivity index (χ1) is 10.5. The molecule has 4 N–H and O–H groups in total. The molecule has 0 saturated heterocycles. The van der Waals surface area contributed by atoms with Crippen LogP contribution in [0.25, 0.3) is 10.9 Å². The number of hydrogen-bond acceptors (Lipinski definition) is 4. The number of nitrogens with one attached hydrogen (secondary N) is 1. The van der Waals surface area contributed by atoms with Gasteiger partial charge in [-0.2, -0.15) is 0 Å². The maximum atomic E-state index is 11.5. The molecule has 0 aliphatic carbocycles. The molecular formula is C16H12BrN3O2. The largest absolute Gasteiger partial charge is 0.478 e. The lowest BCUT2D eigenvalue weighted by atomic mass is 10.1. The van der Waals surface area contributed by atoms with Crippen LogP contribution in [0.3, 0.4) is 0 Å². The van der Waals surface area contributed by atoms with Crippen LogP contribution in [0.4, 0.5) is 17.1 Å². The molecule has 110 valence electrons. The Hall–Kier alpha value is -2.60. The summed E-state index contributed by atoms with van der Waals surface area (Å²) in [5, 5.41) is 13.3. The van der Waals surface area contributed by atoms with Gasteiger partial charge in [0.15, 0.2) is 0 Å². The van der Waals surface area contributed by atoms with Crippen molar-refractivity contribution >= 4 is 49.9 Å². The number of carboxylic acids is 1. The first kappa shape index (κ1) is 14.3. The van der Waals surface area contributed by atoms with E-state index in [0.717, 1.165) is 15.5 Å². The molecule has 22 heavy (non-hydrogen) atoms. The molecule has 3 rings (SSSR count). The zero-order valence-corrected chi connectivity index (χ0v) is 13.0. The van der Waals surface area contributed by atoms with Crippen molar-refractivity contribution in [3.8, 4) is 0 Å². The molecule has 3 aromatic rings. The number of fused-ring (bicyclic) bond motifs is 1. The number of rotatable bonds is 3. The molecule has 0 spiro atoms. The molecule has 0 amide bonds. The van der Waals surface area contributed by atoms with Crippen LogP contribution in [0.2, 0.25) is 0 Å². The van der Waals surface area contributed by atoms with Crippen LogP contribution in [0.15, 0.2) is 53.1 Å². The highest BCUT2D eigenvalue weighted by Gasteiger charge is 2.15. The van der Waals surface area contributed by atoms with Gasteiger partial charge in [-0.15, -0.1) is 0 Å². The number of nitrogens with two attached hydrogens (primary N) is 1. The molecule has 0 unspecified atom stereocenters. The predicted molar refractivity (Wildman–Crippen MR) is 90.5 cm³/mol. The van der Waals surface area contributed by atoms with Gasteiger partial charge in [0.2, 0.25) is 0 Å². The fourth-order valence-electron chi connectivity index (χ4n) is 2.17. The Morgan fingerprint density at radius 3 is 2.59 bits per heavy atom. The van der Waals surface area contributed by atoms with E-state index >= 15 is 0 Å². The van der Waals surface area contributed by atoms with E-state index in [0.29, 0.717) is 16.9 Å². The van der Waals surface area contributed by atoms with Gasteiger partial charge in [-0.3, -0.25) is 4.98 Å². The summed E-state index contributed by atoms with van der Waals surface area (Å²) in [6.45, 7) is 0. The fraction of sp³-hybridized carbons (Fsp3) is 0. The van der Waals surface area contributed by atoms with Gasteiger partial charge in [-0.25, -0.2) is 4.79 Å². The van der Waals surface area contributed by atoms with E-state index in [1.807, 2.05) is 18.2 Å². The Balaban J connectivity index is 2.19. The van der Waals surface area contributed by atoms with Gasteiger partial charge >= 0.3 is 5.97 Å². The molecule has 0 bridgehead atoms. The van der Waals surface area contributed by atoms with Crippen LogP contribution in [0.1, 0.15) is 10.4 Å². The molecule has 2 aromatic carbocycles. The monoisotopic (exact) mass is 357 g/mol. The second-order valence-electron chi connectivity index (χ2n) is 4.76. The van der Waals surface area contributed by atoms with E-state index in [1.165, 1.54) is 6.20 Å². The average molecular weight is 358 g/mol. The molecule has 5 nitrogen and oxygen atoms in total. The number of anilines is 3. The summed E-state index contributed by atoms with van der Waals surface area (Å²) in [5.74, 6) is -1.03. The minimum Gasteiger partial charge on any atom is -0.478 e. The highest BCUT2D eigenvalue weighted by atomic mass is 79.9. The van der Waals surface area contributed by atoms with Crippen molar-refractivity contribution in [2.24, 2.45) is 0 Å². The summed E-state index contributed by atoms with van der Waals surface area (Å²) >= 11 is 3.40. The third kappa shape index (κ3) is 2.73. The predicted octanol–water partition coefficient (Wildman–Crippen LogP) is 4.02. The van der Waals surface area contributed by atoms with E-state index in [9.17, 15) is 9.90 Å². The summed E-state index contributed by atoms with van der Waals surface area (Å²) in [5.41, 5.74) is 8.40. The summed E-state index contributed by atoms with van der Waals surface area (Å²) < 4.78 is 0.852. The second-order valence-corrected chi connectivity index (χ2v) is 5.68. The van der Waals surface area contributed by atoms with Crippen molar-refractivity contribution in [3.05, 3.63) is 58.7 Å². The summed E-state index contributed by atoms with van der Waals surface area (Å²) in [4.78, 5) is 15.7. The van der Waals surface area contributed by atoms with Crippen LogP contribution in [0, 0.1) is 0 Å². The van der Waals surface area contributed by atoms with Gasteiger partial charge in [-0.05, 0) is 42.5 Å². The maximum Gasteiger partial charge on any atom is 0.339 e. The first-order valence-electron chi connectivity index (χ1n) is 6.49. The number of aromatic carboxylic acids is 1. The number of carboxylic acid groups (broad SMARTS) is 1. The van der Waals surface area contributed by atoms with E-state index < -0.39 is 5.97 Å². The molecule has 0 aliphatic rings. The van der Waals surface area contributed by atoms with Crippen LogP contribution in [-0.2, 0) is 0 Å². The van der Waals surface area contributed by atoms with E-state index in [-0.39, 0.29) is 5.56 Å². The number of pyridine rings is 1. The molecule has 0 radical (unpaired) electrons. The average Bonchev–Trinajstić information content (AvgIpc) is 2.49. The Bertz CT molecular complexity index is 863. The van der Waals surface area contributed by atoms with Crippen molar-refractivity contribution in [2.45, 2.75) is 0 Å². The van der Waals surface area contributed by atoms with E-state index in [4.69, 9.17) is 5.73 Å². The third-order valence-electron chi connectivity index (χ3n) is 3.24. The second kappa shape index (κ2) is 5.65. The van der Waals surface area contributed by atoms with Crippen molar-refractivity contribution < 1.29 is 9.90 Å². The van der Waals surface area contributed by atoms with Gasteiger partial charge < -0.3 is 16.2 Å². The zero-order chi connectivity index (χ0) is 15.7. The molecule has 0 atom stereocenters. The van der Waals surface area contributed by atoms with Crippen LogP contribution in [0.5, 0.6) is 0 Å². The highest BCUT2D eigenvalue weighted by Crippen LogP contribution is 2.31. The Kier molecular flexibility index (Phi) is 3.68. The molecular weight excluding hydrogens is 346 g/mol. The summed E-state index contributed by atoms with van der Waals surface area (Å²) in [6, 6.07) is 12.6. The minimum absolute atomic E-state index is 0.113. The highest BCUT2D eigenvalue weighted by molar-refractivity contribution is 9.10. The van der Waals surface area contributed by atoms with Gasteiger partial charge in [-0.1, -0.05) is 15.9 Å². The molecule has 0 saturated carbocycles. The topological polar surface area (TPSA) is 88.2 Å². The molecule has 1 aromatic heterocycles. The van der Waals surface area contributed by atoms with Crippen LogP contribution >= 0.6 is 15.9 Å². The van der Waals surface area contributed by atoms with E-state index in [1.54, 1.807) is 24.3 Å². The number of hydrogen-bond donors (Lipinski definition) is 3. The van der Waals surface area contributed by atoms with Gasteiger partial charge in [0.25, 0.3) is 0 Å². The molecule has 1 heterocycles. The van der Waals surface area contributed by atoms with Crippen molar-refractivity contribution in [2.75, 3.05) is 11.1 Å². The number of aromatic nitrogens is 1. The molecule has 0 fully saturated rings. The van der Waals surface area contributed by atoms with Crippen LogP contribution in [-0.4, -0.2) is 16.1 Å². The van der Waals surface area contributed by atoms with Crippen molar-refractivity contribution in [1.29, 1.82) is 0 Å². The lowest BCUT2D eigenvalue weighted by Gasteiger charge is -2.13. The number of carbonyl (C=O) groups is 1. The standard InChI is InChI=1S/C16H12BrN3O2/c17-9-1-6-14-12(7-9)15(13(8-19-14)16(21)22)20-11-4-2-10(18)3-5-11/h1-8H,18H2,(H,19,20)(H,21,22). The number of nitrogen functional groups attached to an aromatic ring is 1. The third-order valence-corrected chi connectivity index (χ3v) is 3.73. The Labute approximate surface area is 134 Å². The normalized spacial score (nSPS) is 10.6. The number of benzene rings is 2. The first-order valence-corrected chi connectivity index (χ1v) is 7.28. The Morgan fingerprint density at radius 1 is 1.18 bits per heavy atom. The van der Waals surface area contributed by atoms with Crippen molar-refractivity contribution in [3.63, 3.8) is 0 Å². The fourth-order valence-corrected chi connectivity index (χ4v) is 2.53. The SMILES string of the molecule is Nc1ccc(Nc2c(C(=O)O)cnc3ccc(Br)cc23)cc1. The molecule has 0 aliphatic heterocycles. The smallest absolute Gasteiger partial charge is 0.339 e. The number of halogens is 1. The minimum atomic E-state index is -1.03. The Morgan fingerprint density at radius 2 is 1.91 bits per heavy atom. The lowest BCUT2D eigenvalue weighted by Crippen LogP contribution is -2.04. The van der Waals surface area contributed by atoms with Gasteiger partial charge in [0.05, 0.1) is 11.2 Å². The van der Waals surface area contributed by atoms with E-state index in [2.05, 4.69) is 26.2 Å².